The van der Waals surface area contributed by atoms with Crippen LogP contribution in [0, 0.1) is 25.2 Å². The molecule has 0 bridgehead atoms. The largest absolute Gasteiger partial charge is 0.478 e. The van der Waals surface area contributed by atoms with Gasteiger partial charge in [0.25, 0.3) is 0 Å². The first-order valence-corrected chi connectivity index (χ1v) is 6.24. The van der Waals surface area contributed by atoms with E-state index in [0.29, 0.717) is 17.0 Å². The molecule has 3 N–H and O–H groups in total. The van der Waals surface area contributed by atoms with Gasteiger partial charge in [-0.1, -0.05) is 0 Å². The topological polar surface area (TPSA) is 96.3 Å². The zero-order valence-electron chi connectivity index (χ0n) is 11.7. The number of nitrogens with zero attached hydrogens (tertiary/aromatic N) is 1. The van der Waals surface area contributed by atoms with Crippen molar-refractivity contribution >= 4 is 11.7 Å². The Balaban J connectivity index is 2.49. The predicted molar refractivity (Wildman–Crippen MR) is 78.5 cm³/mol. The number of nitrogens with two attached hydrogens (primary N) is 1. The van der Waals surface area contributed by atoms with E-state index in [9.17, 15) is 9.90 Å². The van der Waals surface area contributed by atoms with Gasteiger partial charge in [0, 0.05) is 5.69 Å². The molecule has 0 saturated heterocycles. The Morgan fingerprint density at radius 3 is 2.38 bits per heavy atom. The number of nitriles is 1. The SMILES string of the molecule is Cc1cc(C#N)cc(C)c1Oc1ccc(N)cc1C(=O)O. The molecule has 0 fully saturated rings. The standard InChI is InChI=1S/C16H14N2O3/c1-9-5-11(8-17)6-10(2)15(9)21-14-4-3-12(18)7-13(14)16(19)20/h3-7H,18H2,1-2H3,(H,19,20). The summed E-state index contributed by atoms with van der Waals surface area (Å²) < 4.78 is 5.74. The van der Waals surface area contributed by atoms with E-state index in [1.165, 1.54) is 12.1 Å². The summed E-state index contributed by atoms with van der Waals surface area (Å²) in [5, 5.41) is 18.1. The maximum Gasteiger partial charge on any atom is 0.339 e. The van der Waals surface area contributed by atoms with E-state index in [0.717, 1.165) is 11.1 Å². The molecule has 2 aromatic rings. The van der Waals surface area contributed by atoms with E-state index < -0.39 is 5.97 Å². The summed E-state index contributed by atoms with van der Waals surface area (Å²) in [6, 6.07) is 9.92. The van der Waals surface area contributed by atoms with Gasteiger partial charge in [0.1, 0.15) is 17.1 Å². The number of ether oxygens (including phenoxy) is 1. The van der Waals surface area contributed by atoms with Crippen molar-refractivity contribution in [3.05, 3.63) is 52.6 Å². The first-order chi connectivity index (χ1) is 9.92. The van der Waals surface area contributed by atoms with Gasteiger partial charge in [0.15, 0.2) is 0 Å². The van der Waals surface area contributed by atoms with E-state index in [1.54, 1.807) is 32.0 Å². The average molecular weight is 282 g/mol. The van der Waals surface area contributed by atoms with Crippen molar-refractivity contribution in [1.29, 1.82) is 5.26 Å². The number of benzene rings is 2. The number of carboxylic acids is 1. The number of aromatic carboxylic acids is 1. The molecule has 2 aromatic carbocycles. The minimum Gasteiger partial charge on any atom is -0.478 e. The van der Waals surface area contributed by atoms with Gasteiger partial charge in [-0.3, -0.25) is 0 Å². The van der Waals surface area contributed by atoms with Crippen LogP contribution in [0.1, 0.15) is 27.0 Å². The summed E-state index contributed by atoms with van der Waals surface area (Å²) in [6.45, 7) is 3.61. The lowest BCUT2D eigenvalue weighted by Crippen LogP contribution is -2.02. The smallest absolute Gasteiger partial charge is 0.339 e. The Morgan fingerprint density at radius 1 is 1.24 bits per heavy atom. The number of hydrogen-bond donors (Lipinski definition) is 2. The third-order valence-electron chi connectivity index (χ3n) is 3.04. The molecule has 2 rings (SSSR count). The average Bonchev–Trinajstić information content (AvgIpc) is 2.43. The minimum absolute atomic E-state index is 0.00170. The first-order valence-electron chi connectivity index (χ1n) is 6.24. The van der Waals surface area contributed by atoms with Gasteiger partial charge in [-0.25, -0.2) is 4.79 Å². The molecule has 0 amide bonds. The molecular formula is C16H14N2O3. The van der Waals surface area contributed by atoms with Crippen LogP contribution in [0.3, 0.4) is 0 Å². The van der Waals surface area contributed by atoms with Crippen molar-refractivity contribution in [3.63, 3.8) is 0 Å². The maximum absolute atomic E-state index is 11.3. The van der Waals surface area contributed by atoms with Gasteiger partial charge in [-0.2, -0.15) is 5.26 Å². The quantitative estimate of drug-likeness (QED) is 0.842. The molecule has 0 spiro atoms. The first kappa shape index (κ1) is 14.4. The number of nitrogen functional groups attached to an aromatic ring is 1. The molecule has 0 unspecified atom stereocenters. The molecule has 0 atom stereocenters. The Labute approximate surface area is 122 Å². The molecule has 0 saturated carbocycles. The van der Waals surface area contributed by atoms with Crippen LogP contribution in [-0.4, -0.2) is 11.1 Å². The van der Waals surface area contributed by atoms with Crippen LogP contribution < -0.4 is 10.5 Å². The van der Waals surface area contributed by atoms with Crippen molar-refractivity contribution in [3.8, 4) is 17.6 Å². The molecule has 0 aliphatic carbocycles. The van der Waals surface area contributed by atoms with Crippen molar-refractivity contribution < 1.29 is 14.6 Å². The molecule has 0 aliphatic rings. The summed E-state index contributed by atoms with van der Waals surface area (Å²) >= 11 is 0. The van der Waals surface area contributed by atoms with E-state index in [1.807, 2.05) is 0 Å². The highest BCUT2D eigenvalue weighted by Crippen LogP contribution is 2.32. The van der Waals surface area contributed by atoms with Crippen LogP contribution in [0.2, 0.25) is 0 Å². The third kappa shape index (κ3) is 2.95. The van der Waals surface area contributed by atoms with Crippen molar-refractivity contribution in [2.24, 2.45) is 0 Å². The Kier molecular flexibility index (Phi) is 3.81. The fraction of sp³-hybridized carbons (Fsp3) is 0.125. The monoisotopic (exact) mass is 282 g/mol. The Hall–Kier alpha value is -3.00. The number of anilines is 1. The summed E-state index contributed by atoms with van der Waals surface area (Å²) in [5.74, 6) is -0.352. The van der Waals surface area contributed by atoms with Crippen LogP contribution in [0.25, 0.3) is 0 Å². The molecule has 0 heterocycles. The molecule has 21 heavy (non-hydrogen) atoms. The van der Waals surface area contributed by atoms with Crippen molar-refractivity contribution in [2.45, 2.75) is 13.8 Å². The number of rotatable bonds is 3. The fourth-order valence-corrected chi connectivity index (χ4v) is 2.09. The second-order valence-corrected chi connectivity index (χ2v) is 4.71. The molecule has 0 aromatic heterocycles. The second-order valence-electron chi connectivity index (χ2n) is 4.71. The van der Waals surface area contributed by atoms with E-state index in [4.69, 9.17) is 15.7 Å². The summed E-state index contributed by atoms with van der Waals surface area (Å²) in [4.78, 5) is 11.3. The van der Waals surface area contributed by atoms with Gasteiger partial charge in [0.05, 0.1) is 11.6 Å². The lowest BCUT2D eigenvalue weighted by molar-refractivity contribution is 0.0694. The number of carbonyl (C=O) groups is 1. The van der Waals surface area contributed by atoms with Gasteiger partial charge in [0.2, 0.25) is 0 Å². The highest BCUT2D eigenvalue weighted by atomic mass is 16.5. The van der Waals surface area contributed by atoms with Gasteiger partial charge < -0.3 is 15.6 Å². The van der Waals surface area contributed by atoms with Crippen LogP contribution in [0.4, 0.5) is 5.69 Å². The highest BCUT2D eigenvalue weighted by molar-refractivity contribution is 5.92. The lowest BCUT2D eigenvalue weighted by atomic mass is 10.1. The van der Waals surface area contributed by atoms with Gasteiger partial charge in [-0.05, 0) is 55.3 Å². The molecule has 5 heteroatoms. The molecule has 106 valence electrons. The van der Waals surface area contributed by atoms with E-state index in [-0.39, 0.29) is 11.3 Å². The Bertz CT molecular complexity index is 738. The summed E-state index contributed by atoms with van der Waals surface area (Å²) in [7, 11) is 0. The fourth-order valence-electron chi connectivity index (χ4n) is 2.09. The number of carboxylic acid groups (broad SMARTS) is 1. The van der Waals surface area contributed by atoms with Crippen LogP contribution in [-0.2, 0) is 0 Å². The molecule has 0 aliphatic heterocycles. The minimum atomic E-state index is -1.11. The second kappa shape index (κ2) is 5.55. The maximum atomic E-state index is 11.3. The van der Waals surface area contributed by atoms with Crippen LogP contribution in [0.15, 0.2) is 30.3 Å². The van der Waals surface area contributed by atoms with Crippen molar-refractivity contribution in [1.82, 2.24) is 0 Å². The normalized spacial score (nSPS) is 9.95. The van der Waals surface area contributed by atoms with Crippen LogP contribution >= 0.6 is 0 Å². The molecule has 5 nitrogen and oxygen atoms in total. The van der Waals surface area contributed by atoms with Gasteiger partial charge in [-0.15, -0.1) is 0 Å². The lowest BCUT2D eigenvalue weighted by Gasteiger charge is -2.14. The summed E-state index contributed by atoms with van der Waals surface area (Å²) in [6.07, 6.45) is 0. The highest BCUT2D eigenvalue weighted by Gasteiger charge is 2.15. The van der Waals surface area contributed by atoms with E-state index >= 15 is 0 Å². The molecular weight excluding hydrogens is 268 g/mol. The van der Waals surface area contributed by atoms with E-state index in [2.05, 4.69) is 6.07 Å². The third-order valence-corrected chi connectivity index (χ3v) is 3.04. The summed E-state index contributed by atoms with van der Waals surface area (Å²) in [5.41, 5.74) is 8.02. The zero-order valence-corrected chi connectivity index (χ0v) is 11.7. The number of hydrogen-bond acceptors (Lipinski definition) is 4. The number of aryl methyl sites for hydroxylation is 2. The molecule has 0 radical (unpaired) electrons. The predicted octanol–water partition coefficient (Wildman–Crippen LogP) is 3.25. The van der Waals surface area contributed by atoms with Crippen molar-refractivity contribution in [2.75, 3.05) is 5.73 Å². The Morgan fingerprint density at radius 2 is 1.86 bits per heavy atom. The van der Waals surface area contributed by atoms with Crippen LogP contribution in [0.5, 0.6) is 11.5 Å². The van der Waals surface area contributed by atoms with Gasteiger partial charge >= 0.3 is 5.97 Å². The zero-order chi connectivity index (χ0) is 15.6.